The Morgan fingerprint density at radius 1 is 1.15 bits per heavy atom. The molecule has 0 bridgehead atoms. The third-order valence-corrected chi connectivity index (χ3v) is 11.0. The third-order valence-electron chi connectivity index (χ3n) is 5.17. The number of fused-ring (bicyclic) bond motifs is 1. The molecule has 1 N–H and O–H groups in total. The first-order chi connectivity index (χ1) is 8.48. The fraction of sp³-hybridized carbons (Fsp3) is 0.500. The van der Waals surface area contributed by atoms with Gasteiger partial charge in [0.25, 0.3) is 0 Å². The summed E-state index contributed by atoms with van der Waals surface area (Å²) in [6.07, 6.45) is 3.45. The van der Waals surface area contributed by atoms with Gasteiger partial charge in [0.15, 0.2) is 0 Å². The molecule has 1 nitrogen and oxygen atoms in total. The average Bonchev–Trinajstić information content (AvgIpc) is 2.80. The standard InChI is InChI=1S/C11H15.C5H6N.2ClH.Zr/c1-6-5-10-8(3)7(2)9(4)11(6)10;1-5-2-3-6-4-5;;;/h6H,5H2,1-4H3;2-3,6H,1H3;2*1H;/q;;;;+2/p-2. The van der Waals surface area contributed by atoms with Crippen LogP contribution in [-0.2, 0) is 23.2 Å². The molecular formula is C16H21Cl2NZr. The Labute approximate surface area is 146 Å². The van der Waals surface area contributed by atoms with Crippen molar-refractivity contribution < 1.29 is 48.0 Å². The average molecular weight is 389 g/mol. The van der Waals surface area contributed by atoms with E-state index >= 15 is 0 Å². The molecule has 1 saturated carbocycles. The Morgan fingerprint density at radius 2 is 1.80 bits per heavy atom. The second kappa shape index (κ2) is 6.15. The zero-order valence-electron chi connectivity index (χ0n) is 12.7. The summed E-state index contributed by atoms with van der Waals surface area (Å²) < 4.78 is 2.09. The molecule has 2 aliphatic carbocycles. The number of nitrogens with one attached hydrogen (secondary N) is 1. The number of rotatable bonds is 2. The fourth-order valence-corrected chi connectivity index (χ4v) is 8.61. The Kier molecular flexibility index (Phi) is 5.62. The topological polar surface area (TPSA) is 15.8 Å². The molecule has 0 saturated heterocycles. The minimum Gasteiger partial charge on any atom is -1.00 e. The second-order valence-corrected chi connectivity index (χ2v) is 9.71. The molecule has 0 spiro atoms. The van der Waals surface area contributed by atoms with Gasteiger partial charge in [-0.2, -0.15) is 0 Å². The van der Waals surface area contributed by atoms with Crippen molar-refractivity contribution in [3.8, 4) is 0 Å². The molecule has 2 atom stereocenters. The largest absolute Gasteiger partial charge is 1.00 e. The van der Waals surface area contributed by atoms with E-state index < -0.39 is 23.2 Å². The summed E-state index contributed by atoms with van der Waals surface area (Å²) in [5.74, 6) is 0.856. The molecule has 0 radical (unpaired) electrons. The number of halogens is 2. The van der Waals surface area contributed by atoms with Gasteiger partial charge in [0, 0.05) is 0 Å². The number of H-pyrrole nitrogens is 1. The van der Waals surface area contributed by atoms with E-state index in [1.165, 1.54) is 12.0 Å². The maximum absolute atomic E-state index is 3.51. The summed E-state index contributed by atoms with van der Waals surface area (Å²) in [7, 11) is 0. The number of aromatic amines is 1. The van der Waals surface area contributed by atoms with Crippen LogP contribution in [-0.4, -0.2) is 4.98 Å². The smallest absolute Gasteiger partial charge is 1.00 e. The van der Waals surface area contributed by atoms with Crippen LogP contribution in [0.25, 0.3) is 0 Å². The van der Waals surface area contributed by atoms with Crippen molar-refractivity contribution in [3.05, 3.63) is 40.1 Å². The molecule has 0 amide bonds. The SMILES string of the molecule is CC1=C(C)[C]2([Zr+2][c]3[nH]ccc3C)C(=C1C)CC2C.[Cl-].[Cl-]. The number of aromatic nitrogens is 1. The van der Waals surface area contributed by atoms with Crippen molar-refractivity contribution in [3.63, 3.8) is 0 Å². The summed E-state index contributed by atoms with van der Waals surface area (Å²) in [5, 5.41) is 0. The van der Waals surface area contributed by atoms with E-state index in [2.05, 4.69) is 51.9 Å². The van der Waals surface area contributed by atoms with Crippen LogP contribution in [0.1, 0.15) is 39.7 Å². The zero-order chi connectivity index (χ0) is 13.1. The van der Waals surface area contributed by atoms with Gasteiger partial charge in [0.1, 0.15) is 0 Å². The van der Waals surface area contributed by atoms with Gasteiger partial charge >= 0.3 is 122 Å². The summed E-state index contributed by atoms with van der Waals surface area (Å²) in [6.45, 7) is 11.8. The number of hydrogen-bond donors (Lipinski definition) is 1. The summed E-state index contributed by atoms with van der Waals surface area (Å²) in [5.41, 5.74) is 8.14. The van der Waals surface area contributed by atoms with Crippen LogP contribution in [0.3, 0.4) is 0 Å². The van der Waals surface area contributed by atoms with Gasteiger partial charge in [0.05, 0.1) is 0 Å². The quantitative estimate of drug-likeness (QED) is 0.597. The molecule has 4 heteroatoms. The molecule has 2 unspecified atom stereocenters. The molecule has 3 rings (SSSR count). The van der Waals surface area contributed by atoms with Gasteiger partial charge < -0.3 is 24.8 Å². The van der Waals surface area contributed by atoms with E-state index in [9.17, 15) is 0 Å². The molecule has 0 aliphatic heterocycles. The van der Waals surface area contributed by atoms with Crippen LogP contribution in [0.15, 0.2) is 34.6 Å². The molecule has 20 heavy (non-hydrogen) atoms. The van der Waals surface area contributed by atoms with Gasteiger partial charge in [-0.15, -0.1) is 0 Å². The van der Waals surface area contributed by atoms with Crippen LogP contribution in [0, 0.1) is 12.8 Å². The normalized spacial score (nSPS) is 27.4. The van der Waals surface area contributed by atoms with Crippen molar-refractivity contribution in [2.45, 2.75) is 44.2 Å². The van der Waals surface area contributed by atoms with Crippen LogP contribution >= 0.6 is 0 Å². The molecular weight excluding hydrogens is 368 g/mol. The Balaban J connectivity index is 0.000001000. The zero-order valence-corrected chi connectivity index (χ0v) is 16.7. The van der Waals surface area contributed by atoms with Gasteiger partial charge in [-0.3, -0.25) is 0 Å². The van der Waals surface area contributed by atoms with Crippen LogP contribution in [0.2, 0.25) is 3.12 Å². The summed E-state index contributed by atoms with van der Waals surface area (Å²) in [4.78, 5) is 3.51. The molecule has 2 aliphatic rings. The predicted molar refractivity (Wildman–Crippen MR) is 72.7 cm³/mol. The van der Waals surface area contributed by atoms with E-state index in [1.54, 1.807) is 25.7 Å². The molecule has 108 valence electrons. The maximum atomic E-state index is 3.51. The maximum Gasteiger partial charge on any atom is -1.00 e. The Hall–Kier alpha value is 0.223. The van der Waals surface area contributed by atoms with Gasteiger partial charge in [0.2, 0.25) is 0 Å². The van der Waals surface area contributed by atoms with E-state index in [4.69, 9.17) is 0 Å². The minimum atomic E-state index is -0.637. The Morgan fingerprint density at radius 3 is 2.25 bits per heavy atom. The van der Waals surface area contributed by atoms with Crippen molar-refractivity contribution in [1.29, 1.82) is 0 Å². The second-order valence-electron chi connectivity index (χ2n) is 5.93. The first kappa shape index (κ1) is 18.3. The molecule has 0 aromatic carbocycles. The monoisotopic (exact) mass is 387 g/mol. The van der Waals surface area contributed by atoms with E-state index in [-0.39, 0.29) is 24.8 Å². The van der Waals surface area contributed by atoms with Crippen molar-refractivity contribution >= 4 is 3.40 Å². The van der Waals surface area contributed by atoms with Gasteiger partial charge in [-0.05, 0) is 0 Å². The van der Waals surface area contributed by atoms with Crippen LogP contribution in [0.4, 0.5) is 0 Å². The third kappa shape index (κ3) is 2.23. The summed E-state index contributed by atoms with van der Waals surface area (Å²) in [6, 6.07) is 2.23. The first-order valence-electron chi connectivity index (χ1n) is 6.79. The predicted octanol–water partition coefficient (Wildman–Crippen LogP) is -2.10. The van der Waals surface area contributed by atoms with Crippen molar-refractivity contribution in [1.82, 2.24) is 4.98 Å². The van der Waals surface area contributed by atoms with E-state index in [1.807, 2.05) is 0 Å². The molecule has 1 fully saturated rings. The fourth-order valence-electron chi connectivity index (χ4n) is 3.71. The van der Waals surface area contributed by atoms with Crippen molar-refractivity contribution in [2.75, 3.05) is 0 Å². The number of allylic oxidation sites excluding steroid dienone is 4. The number of aryl methyl sites for hydroxylation is 1. The molecule has 1 heterocycles. The van der Waals surface area contributed by atoms with Gasteiger partial charge in [-0.25, -0.2) is 0 Å². The van der Waals surface area contributed by atoms with E-state index in [0.29, 0.717) is 3.12 Å². The molecule has 1 aromatic rings. The first-order valence-corrected chi connectivity index (χ1v) is 9.25. The van der Waals surface area contributed by atoms with Crippen molar-refractivity contribution in [2.24, 2.45) is 5.92 Å². The number of hydrogen-bond acceptors (Lipinski definition) is 0. The Bertz CT molecular complexity index is 565. The minimum absolute atomic E-state index is 0. The summed E-state index contributed by atoms with van der Waals surface area (Å²) >= 11 is -0.637. The van der Waals surface area contributed by atoms with Crippen LogP contribution in [0.5, 0.6) is 0 Å². The van der Waals surface area contributed by atoms with Gasteiger partial charge in [-0.1, -0.05) is 0 Å². The van der Waals surface area contributed by atoms with Crippen LogP contribution < -0.4 is 28.2 Å². The van der Waals surface area contributed by atoms with E-state index in [0.717, 1.165) is 5.92 Å². The molecule has 1 aromatic heterocycles.